The lowest BCUT2D eigenvalue weighted by molar-refractivity contribution is 0.628. The predicted molar refractivity (Wildman–Crippen MR) is 87.6 cm³/mol. The molecule has 0 spiro atoms. The molecule has 6 nitrogen and oxygen atoms in total. The Bertz CT molecular complexity index is 848. The predicted octanol–water partition coefficient (Wildman–Crippen LogP) is 2.52. The zero-order valence-corrected chi connectivity index (χ0v) is 12.4. The lowest BCUT2D eigenvalue weighted by Gasteiger charge is -2.14. The molecule has 0 radical (unpaired) electrons. The van der Waals surface area contributed by atoms with Gasteiger partial charge in [-0.1, -0.05) is 0 Å². The molecule has 5 N–H and O–H groups in total. The van der Waals surface area contributed by atoms with Gasteiger partial charge in [-0.15, -0.1) is 0 Å². The summed E-state index contributed by atoms with van der Waals surface area (Å²) in [5, 5.41) is 0. The second kappa shape index (κ2) is 5.98. The molecule has 2 heterocycles. The molecule has 0 aliphatic carbocycles. The van der Waals surface area contributed by atoms with Crippen LogP contribution in [0.3, 0.4) is 0 Å². The Hall–Kier alpha value is -3.06. The molecule has 2 aromatic heterocycles. The normalized spacial score (nSPS) is 10.6. The second-order valence-electron chi connectivity index (χ2n) is 4.99. The molecule has 0 saturated carbocycles. The van der Waals surface area contributed by atoms with Gasteiger partial charge in [-0.2, -0.15) is 4.98 Å². The molecule has 3 rings (SSSR count). The minimum Gasteiger partial charge on any atom is -0.368 e. The van der Waals surface area contributed by atoms with E-state index in [-0.39, 0.29) is 11.8 Å². The molecule has 0 aliphatic rings. The first-order chi connectivity index (χ1) is 11.1. The van der Waals surface area contributed by atoms with Crippen LogP contribution >= 0.6 is 0 Å². The van der Waals surface area contributed by atoms with E-state index >= 15 is 0 Å². The van der Waals surface area contributed by atoms with Gasteiger partial charge in [-0.05, 0) is 48.9 Å². The maximum absolute atomic E-state index is 13.2. The summed E-state index contributed by atoms with van der Waals surface area (Å²) in [7, 11) is 0. The third-order valence-corrected chi connectivity index (χ3v) is 3.37. The van der Waals surface area contributed by atoms with E-state index < -0.39 is 0 Å². The van der Waals surface area contributed by atoms with Crippen molar-refractivity contribution in [2.75, 3.05) is 11.2 Å². The lowest BCUT2D eigenvalue weighted by Crippen LogP contribution is -2.13. The van der Waals surface area contributed by atoms with Crippen molar-refractivity contribution >= 4 is 11.8 Å². The Morgan fingerprint density at radius 2 is 1.78 bits per heavy atom. The minimum absolute atomic E-state index is 0.0757. The number of hydrazine groups is 1. The third kappa shape index (κ3) is 2.95. The zero-order valence-electron chi connectivity index (χ0n) is 12.4. The molecule has 0 bridgehead atoms. The van der Waals surface area contributed by atoms with E-state index in [1.165, 1.54) is 12.1 Å². The molecule has 23 heavy (non-hydrogen) atoms. The highest BCUT2D eigenvalue weighted by molar-refractivity contribution is 5.88. The first-order valence-corrected chi connectivity index (χ1v) is 6.91. The molecule has 1 aromatic carbocycles. The first-order valence-electron chi connectivity index (χ1n) is 6.91. The van der Waals surface area contributed by atoms with Crippen LogP contribution in [-0.2, 0) is 0 Å². The smallest absolute Gasteiger partial charge is 0.222 e. The number of rotatable bonds is 3. The van der Waals surface area contributed by atoms with Gasteiger partial charge in [0.15, 0.2) is 5.82 Å². The number of benzene rings is 1. The average molecular weight is 310 g/mol. The second-order valence-corrected chi connectivity index (χ2v) is 4.99. The van der Waals surface area contributed by atoms with Gasteiger partial charge in [0.25, 0.3) is 0 Å². The van der Waals surface area contributed by atoms with Crippen LogP contribution in [0.4, 0.5) is 16.2 Å². The summed E-state index contributed by atoms with van der Waals surface area (Å²) in [6.07, 6.45) is 1.69. The van der Waals surface area contributed by atoms with Gasteiger partial charge < -0.3 is 11.2 Å². The van der Waals surface area contributed by atoms with E-state index in [1.807, 2.05) is 19.1 Å². The number of hydrogen-bond acceptors (Lipinski definition) is 6. The quantitative estimate of drug-likeness (QED) is 0.507. The fourth-order valence-corrected chi connectivity index (χ4v) is 2.37. The van der Waals surface area contributed by atoms with E-state index in [2.05, 4.69) is 20.4 Å². The van der Waals surface area contributed by atoms with E-state index in [0.717, 1.165) is 11.3 Å². The topological polar surface area (TPSA) is 103 Å². The summed E-state index contributed by atoms with van der Waals surface area (Å²) in [5.74, 6) is 5.74. The molecule has 0 amide bonds. The number of nitrogens with zero attached hydrogens (tertiary/aromatic N) is 3. The largest absolute Gasteiger partial charge is 0.368 e. The number of halogens is 1. The highest BCUT2D eigenvalue weighted by Crippen LogP contribution is 2.35. The molecule has 0 saturated heterocycles. The summed E-state index contributed by atoms with van der Waals surface area (Å²) >= 11 is 0. The van der Waals surface area contributed by atoms with Crippen LogP contribution in [0.5, 0.6) is 0 Å². The third-order valence-electron chi connectivity index (χ3n) is 3.37. The number of nitrogens with one attached hydrogen (secondary N) is 1. The Kier molecular flexibility index (Phi) is 3.86. The first kappa shape index (κ1) is 14.9. The Morgan fingerprint density at radius 1 is 1.04 bits per heavy atom. The molecule has 0 unspecified atom stereocenters. The molecule has 7 heteroatoms. The average Bonchev–Trinajstić information content (AvgIpc) is 2.54. The fourth-order valence-electron chi connectivity index (χ4n) is 2.37. The number of hydrogen-bond donors (Lipinski definition) is 3. The van der Waals surface area contributed by atoms with Crippen molar-refractivity contribution in [3.05, 3.63) is 54.1 Å². The van der Waals surface area contributed by atoms with Crippen molar-refractivity contribution in [3.63, 3.8) is 0 Å². The summed E-state index contributed by atoms with van der Waals surface area (Å²) in [6.45, 7) is 1.88. The van der Waals surface area contributed by atoms with Crippen LogP contribution in [0.15, 0.2) is 42.6 Å². The lowest BCUT2D eigenvalue weighted by atomic mass is 10.00. The van der Waals surface area contributed by atoms with E-state index in [9.17, 15) is 4.39 Å². The van der Waals surface area contributed by atoms with Crippen molar-refractivity contribution in [3.8, 4) is 22.4 Å². The monoisotopic (exact) mass is 310 g/mol. The molecule has 116 valence electrons. The van der Waals surface area contributed by atoms with E-state index in [4.69, 9.17) is 11.6 Å². The van der Waals surface area contributed by atoms with Crippen LogP contribution in [0.1, 0.15) is 5.69 Å². The van der Waals surface area contributed by atoms with Crippen LogP contribution in [0.2, 0.25) is 0 Å². The number of nitrogen functional groups attached to an aromatic ring is 2. The van der Waals surface area contributed by atoms with Crippen LogP contribution in [0, 0.1) is 12.7 Å². The standard InChI is InChI=1S/C16H15FN6/c1-9-8-11(6-7-20-9)13-14(10-2-4-12(17)5-3-10)21-16(18)22-15(13)23-19/h2-8H,19H2,1H3,(H3,18,21,22,23). The summed E-state index contributed by atoms with van der Waals surface area (Å²) in [6, 6.07) is 9.72. The number of aromatic nitrogens is 3. The number of aryl methyl sites for hydroxylation is 1. The van der Waals surface area contributed by atoms with Crippen molar-refractivity contribution in [1.29, 1.82) is 0 Å². The molecule has 0 atom stereocenters. The van der Waals surface area contributed by atoms with Crippen LogP contribution in [-0.4, -0.2) is 15.0 Å². The highest BCUT2D eigenvalue weighted by atomic mass is 19.1. The fraction of sp³-hybridized carbons (Fsp3) is 0.0625. The van der Waals surface area contributed by atoms with Gasteiger partial charge in [-0.25, -0.2) is 15.2 Å². The Labute approximate surface area is 132 Å². The van der Waals surface area contributed by atoms with Gasteiger partial charge in [-0.3, -0.25) is 4.98 Å². The maximum atomic E-state index is 13.2. The Morgan fingerprint density at radius 3 is 2.43 bits per heavy atom. The number of anilines is 2. The molecular weight excluding hydrogens is 295 g/mol. The molecule has 0 aliphatic heterocycles. The summed E-state index contributed by atoms with van der Waals surface area (Å²) in [4.78, 5) is 12.6. The van der Waals surface area contributed by atoms with Gasteiger partial charge in [0, 0.05) is 17.5 Å². The van der Waals surface area contributed by atoms with Crippen molar-refractivity contribution in [2.45, 2.75) is 6.92 Å². The molecule has 0 fully saturated rings. The number of pyridine rings is 1. The molecular formula is C16H15FN6. The Balaban J connectivity index is 2.30. The van der Waals surface area contributed by atoms with Gasteiger partial charge in [0.05, 0.1) is 11.3 Å². The SMILES string of the molecule is Cc1cc(-c2c(NN)nc(N)nc2-c2ccc(F)cc2)ccn1. The molecule has 3 aromatic rings. The van der Waals surface area contributed by atoms with Crippen molar-refractivity contribution in [1.82, 2.24) is 15.0 Å². The van der Waals surface area contributed by atoms with Crippen LogP contribution in [0.25, 0.3) is 22.4 Å². The van der Waals surface area contributed by atoms with Gasteiger partial charge >= 0.3 is 0 Å². The highest BCUT2D eigenvalue weighted by Gasteiger charge is 2.17. The van der Waals surface area contributed by atoms with Crippen molar-refractivity contribution in [2.24, 2.45) is 5.84 Å². The van der Waals surface area contributed by atoms with Crippen molar-refractivity contribution < 1.29 is 4.39 Å². The van der Waals surface area contributed by atoms with Gasteiger partial charge in [0.1, 0.15) is 5.82 Å². The van der Waals surface area contributed by atoms with E-state index in [0.29, 0.717) is 22.6 Å². The summed E-state index contributed by atoms with van der Waals surface area (Å²) < 4.78 is 13.2. The van der Waals surface area contributed by atoms with Crippen LogP contribution < -0.4 is 17.0 Å². The van der Waals surface area contributed by atoms with Gasteiger partial charge in [0.2, 0.25) is 5.95 Å². The minimum atomic E-state index is -0.325. The zero-order chi connectivity index (χ0) is 16.4. The van der Waals surface area contributed by atoms with E-state index in [1.54, 1.807) is 18.3 Å². The maximum Gasteiger partial charge on any atom is 0.222 e. The number of nitrogens with two attached hydrogens (primary N) is 2. The summed E-state index contributed by atoms with van der Waals surface area (Å²) in [5.41, 5.74) is 12.0.